The first-order valence-electron chi connectivity index (χ1n) is 3.13. The number of aromatic amines is 1. The summed E-state index contributed by atoms with van der Waals surface area (Å²) in [5.41, 5.74) is -1.49. The summed E-state index contributed by atoms with van der Waals surface area (Å²) in [6, 6.07) is -0.0000926. The lowest BCUT2D eigenvalue weighted by molar-refractivity contribution is -0.277. The van der Waals surface area contributed by atoms with Crippen molar-refractivity contribution in [2.75, 3.05) is 0 Å². The summed E-state index contributed by atoms with van der Waals surface area (Å²) in [7, 11) is 0. The number of halogens is 5. The van der Waals surface area contributed by atoms with E-state index in [0.29, 0.717) is 0 Å². The lowest BCUT2D eigenvalue weighted by Gasteiger charge is -2.08. The molecule has 0 saturated carbocycles. The summed E-state index contributed by atoms with van der Waals surface area (Å²) in [4.78, 5) is 11.7. The third-order valence-corrected chi connectivity index (χ3v) is 1.13. The molecule has 0 aliphatic carbocycles. The molecular weight excluding hydrogens is 213 g/mol. The van der Waals surface area contributed by atoms with Gasteiger partial charge in [-0.15, -0.1) is 13.2 Å². The van der Waals surface area contributed by atoms with E-state index in [9.17, 15) is 26.7 Å². The van der Waals surface area contributed by atoms with Crippen LogP contribution in [-0.4, -0.2) is 11.3 Å². The van der Waals surface area contributed by atoms with Crippen molar-refractivity contribution in [1.82, 2.24) is 4.98 Å². The molecule has 0 saturated heterocycles. The van der Waals surface area contributed by atoms with E-state index in [4.69, 9.17) is 0 Å². The SMILES string of the molecule is O=c1[nH]c(OC(F)(F)F)c(F)cc1F. The molecule has 0 aliphatic heterocycles. The first kappa shape index (κ1) is 10.5. The highest BCUT2D eigenvalue weighted by atomic mass is 19.4. The summed E-state index contributed by atoms with van der Waals surface area (Å²) in [6.07, 6.45) is -5.15. The second-order valence-electron chi connectivity index (χ2n) is 2.17. The minimum atomic E-state index is -5.15. The van der Waals surface area contributed by atoms with Crippen LogP contribution in [0.3, 0.4) is 0 Å². The van der Waals surface area contributed by atoms with Crippen LogP contribution in [0.4, 0.5) is 22.0 Å². The van der Waals surface area contributed by atoms with Crippen molar-refractivity contribution in [3.63, 3.8) is 0 Å². The predicted octanol–water partition coefficient (Wildman–Crippen LogP) is 1.55. The van der Waals surface area contributed by atoms with Crippen LogP contribution >= 0.6 is 0 Å². The van der Waals surface area contributed by atoms with Gasteiger partial charge < -0.3 is 4.74 Å². The highest BCUT2D eigenvalue weighted by Gasteiger charge is 2.33. The van der Waals surface area contributed by atoms with Gasteiger partial charge in [0.2, 0.25) is 5.88 Å². The van der Waals surface area contributed by atoms with Crippen molar-refractivity contribution in [3.8, 4) is 5.88 Å². The van der Waals surface area contributed by atoms with Crippen molar-refractivity contribution in [2.45, 2.75) is 6.36 Å². The fraction of sp³-hybridized carbons (Fsp3) is 0.167. The largest absolute Gasteiger partial charge is 0.574 e. The van der Waals surface area contributed by atoms with Crippen LogP contribution in [0.5, 0.6) is 5.88 Å². The molecular formula is C6H2F5NO2. The fourth-order valence-corrected chi connectivity index (χ4v) is 0.655. The molecule has 0 fully saturated rings. The Morgan fingerprint density at radius 2 is 1.79 bits per heavy atom. The zero-order valence-corrected chi connectivity index (χ0v) is 6.28. The maximum Gasteiger partial charge on any atom is 0.574 e. The molecule has 1 aromatic heterocycles. The lowest BCUT2D eigenvalue weighted by Crippen LogP contribution is -2.22. The Hall–Kier alpha value is -1.60. The van der Waals surface area contributed by atoms with Gasteiger partial charge in [-0.05, 0) is 0 Å². The highest BCUT2D eigenvalue weighted by Crippen LogP contribution is 2.22. The summed E-state index contributed by atoms with van der Waals surface area (Å²) in [5.74, 6) is -4.64. The number of H-pyrrole nitrogens is 1. The molecule has 0 bridgehead atoms. The molecule has 1 aromatic rings. The van der Waals surface area contributed by atoms with Crippen LogP contribution in [-0.2, 0) is 0 Å². The molecule has 78 valence electrons. The van der Waals surface area contributed by atoms with Crippen molar-refractivity contribution in [3.05, 3.63) is 28.1 Å². The van der Waals surface area contributed by atoms with Crippen molar-refractivity contribution in [2.24, 2.45) is 0 Å². The Bertz CT molecular complexity index is 396. The molecule has 0 aromatic carbocycles. The van der Waals surface area contributed by atoms with Crippen LogP contribution in [0.2, 0.25) is 0 Å². The summed E-state index contributed by atoms with van der Waals surface area (Å²) in [5, 5.41) is 0. The Morgan fingerprint density at radius 3 is 2.29 bits per heavy atom. The first-order chi connectivity index (χ1) is 6.29. The molecule has 14 heavy (non-hydrogen) atoms. The standard InChI is InChI=1S/C6H2F5NO2/c7-2-1-3(8)5(12-4(2)13)14-6(9,10)11/h1H,(H,12,13). The van der Waals surface area contributed by atoms with Gasteiger partial charge in [0.15, 0.2) is 11.6 Å². The second kappa shape index (κ2) is 3.28. The zero-order valence-electron chi connectivity index (χ0n) is 6.28. The third-order valence-electron chi connectivity index (χ3n) is 1.13. The minimum Gasteiger partial charge on any atom is -0.387 e. The Morgan fingerprint density at radius 1 is 1.21 bits per heavy atom. The number of alkyl halides is 3. The van der Waals surface area contributed by atoms with Crippen molar-refractivity contribution in [1.29, 1.82) is 0 Å². The van der Waals surface area contributed by atoms with Gasteiger partial charge in [0.05, 0.1) is 0 Å². The molecule has 0 atom stereocenters. The Labute approximate surface area is 73.1 Å². The Kier molecular flexibility index (Phi) is 2.45. The van der Waals surface area contributed by atoms with E-state index in [-0.39, 0.29) is 6.07 Å². The topological polar surface area (TPSA) is 42.1 Å². The Balaban J connectivity index is 3.11. The molecule has 1 rings (SSSR count). The normalized spacial score (nSPS) is 11.5. The molecule has 0 radical (unpaired) electrons. The van der Waals surface area contributed by atoms with Gasteiger partial charge in [0, 0.05) is 6.07 Å². The van der Waals surface area contributed by atoms with E-state index >= 15 is 0 Å². The maximum atomic E-state index is 12.5. The van der Waals surface area contributed by atoms with Gasteiger partial charge in [-0.25, -0.2) is 8.78 Å². The summed E-state index contributed by atoms with van der Waals surface area (Å²) >= 11 is 0. The molecule has 0 aliphatic rings. The van der Waals surface area contributed by atoms with Crippen LogP contribution in [0.15, 0.2) is 10.9 Å². The average Bonchev–Trinajstić information content (AvgIpc) is 1.97. The van der Waals surface area contributed by atoms with Gasteiger partial charge in [0.1, 0.15) is 0 Å². The molecule has 3 nitrogen and oxygen atoms in total. The van der Waals surface area contributed by atoms with Crippen LogP contribution in [0.1, 0.15) is 0 Å². The van der Waals surface area contributed by atoms with Gasteiger partial charge in [-0.3, -0.25) is 9.78 Å². The molecule has 0 unspecified atom stereocenters. The second-order valence-corrected chi connectivity index (χ2v) is 2.17. The smallest absolute Gasteiger partial charge is 0.387 e. The van der Waals surface area contributed by atoms with Gasteiger partial charge in [-0.2, -0.15) is 0 Å². The summed E-state index contributed by atoms with van der Waals surface area (Å²) < 4.78 is 62.5. The van der Waals surface area contributed by atoms with Crippen LogP contribution in [0.25, 0.3) is 0 Å². The number of aromatic nitrogens is 1. The minimum absolute atomic E-state index is 0.0000926. The van der Waals surface area contributed by atoms with E-state index in [1.807, 2.05) is 0 Å². The molecule has 1 heterocycles. The molecule has 0 amide bonds. The fourth-order valence-electron chi connectivity index (χ4n) is 0.655. The van der Waals surface area contributed by atoms with Crippen molar-refractivity contribution < 1.29 is 26.7 Å². The number of hydrogen-bond acceptors (Lipinski definition) is 2. The monoisotopic (exact) mass is 215 g/mol. The van der Waals surface area contributed by atoms with Crippen LogP contribution < -0.4 is 10.3 Å². The van der Waals surface area contributed by atoms with E-state index in [1.165, 1.54) is 4.98 Å². The number of nitrogens with one attached hydrogen (secondary N) is 1. The van der Waals surface area contributed by atoms with E-state index in [1.54, 1.807) is 0 Å². The third kappa shape index (κ3) is 2.44. The molecule has 0 spiro atoms. The van der Waals surface area contributed by atoms with Crippen LogP contribution in [0, 0.1) is 11.6 Å². The van der Waals surface area contributed by atoms with Crippen molar-refractivity contribution >= 4 is 0 Å². The number of hydrogen-bond donors (Lipinski definition) is 1. The van der Waals surface area contributed by atoms with E-state index in [0.717, 1.165) is 0 Å². The highest BCUT2D eigenvalue weighted by molar-refractivity contribution is 5.14. The first-order valence-corrected chi connectivity index (χ1v) is 3.13. The predicted molar refractivity (Wildman–Crippen MR) is 33.7 cm³/mol. The maximum absolute atomic E-state index is 12.5. The number of ether oxygens (including phenoxy) is 1. The van der Waals surface area contributed by atoms with Gasteiger partial charge in [-0.1, -0.05) is 0 Å². The van der Waals surface area contributed by atoms with Gasteiger partial charge >= 0.3 is 6.36 Å². The number of pyridine rings is 1. The summed E-state index contributed by atoms with van der Waals surface area (Å²) in [6.45, 7) is 0. The molecule has 8 heteroatoms. The average molecular weight is 215 g/mol. The zero-order chi connectivity index (χ0) is 10.9. The lowest BCUT2D eigenvalue weighted by atomic mass is 10.4. The van der Waals surface area contributed by atoms with E-state index < -0.39 is 29.4 Å². The number of rotatable bonds is 1. The van der Waals surface area contributed by atoms with Gasteiger partial charge in [0.25, 0.3) is 5.56 Å². The molecule has 1 N–H and O–H groups in total. The quantitative estimate of drug-likeness (QED) is 0.722. The van der Waals surface area contributed by atoms with E-state index in [2.05, 4.69) is 4.74 Å².